The van der Waals surface area contributed by atoms with Crippen LogP contribution in [0.25, 0.3) is 0 Å². The molecule has 0 unspecified atom stereocenters. The van der Waals surface area contributed by atoms with Gasteiger partial charge in [-0.05, 0) is 70.3 Å². The van der Waals surface area contributed by atoms with Crippen molar-refractivity contribution in [3.63, 3.8) is 0 Å². The van der Waals surface area contributed by atoms with Crippen LogP contribution in [0.3, 0.4) is 0 Å². The van der Waals surface area contributed by atoms with Gasteiger partial charge in [0.1, 0.15) is 0 Å². The third kappa shape index (κ3) is 2.29. The highest BCUT2D eigenvalue weighted by molar-refractivity contribution is 6.63. The molecule has 0 amide bonds. The van der Waals surface area contributed by atoms with Gasteiger partial charge in [0.05, 0.1) is 22.8 Å². The normalized spacial score (nSPS) is 20.4. The molecule has 4 heteroatoms. The first-order valence-electron chi connectivity index (χ1n) is 6.55. The summed E-state index contributed by atoms with van der Waals surface area (Å²) in [4.78, 5) is 0. The zero-order valence-corrected chi connectivity index (χ0v) is 12.5. The minimum absolute atomic E-state index is 0.343. The van der Waals surface area contributed by atoms with Gasteiger partial charge >= 0.3 is 7.12 Å². The van der Waals surface area contributed by atoms with Gasteiger partial charge in [-0.2, -0.15) is 5.26 Å². The first-order valence-corrected chi connectivity index (χ1v) is 6.55. The molecule has 1 saturated heterocycles. The maximum Gasteiger partial charge on any atom is 0.495 e. The van der Waals surface area contributed by atoms with Crippen LogP contribution in [-0.2, 0) is 9.31 Å². The van der Waals surface area contributed by atoms with Crippen LogP contribution in [0, 0.1) is 25.2 Å². The predicted octanol–water partition coefficient (Wildman–Crippen LogP) is 2.47. The summed E-state index contributed by atoms with van der Waals surface area (Å²) in [5.74, 6) is 0. The molecule has 0 aromatic heterocycles. The highest BCUT2D eigenvalue weighted by Gasteiger charge is 2.52. The molecule has 0 aliphatic carbocycles. The van der Waals surface area contributed by atoms with E-state index in [0.717, 1.165) is 16.6 Å². The molecule has 0 N–H and O–H groups in total. The Morgan fingerprint density at radius 3 is 1.79 bits per heavy atom. The van der Waals surface area contributed by atoms with Gasteiger partial charge in [0.25, 0.3) is 0 Å². The van der Waals surface area contributed by atoms with Crippen LogP contribution in [0.5, 0.6) is 0 Å². The summed E-state index contributed by atoms with van der Waals surface area (Å²) in [5, 5.41) is 9.00. The summed E-state index contributed by atoms with van der Waals surface area (Å²) >= 11 is 0. The van der Waals surface area contributed by atoms with E-state index < -0.39 is 0 Å². The number of nitriles is 1. The van der Waals surface area contributed by atoms with Crippen LogP contribution < -0.4 is 5.46 Å². The Labute approximate surface area is 115 Å². The van der Waals surface area contributed by atoms with Crippen molar-refractivity contribution in [2.75, 3.05) is 0 Å². The smallest absolute Gasteiger partial charge is 0.399 e. The van der Waals surface area contributed by atoms with Crippen molar-refractivity contribution in [1.29, 1.82) is 5.26 Å². The number of rotatable bonds is 1. The topological polar surface area (TPSA) is 42.2 Å². The van der Waals surface area contributed by atoms with Crippen LogP contribution in [0.2, 0.25) is 0 Å². The summed E-state index contributed by atoms with van der Waals surface area (Å²) in [6.07, 6.45) is 0. The molecule has 0 spiro atoms. The van der Waals surface area contributed by atoms with E-state index in [1.165, 1.54) is 0 Å². The van der Waals surface area contributed by atoms with Crippen LogP contribution in [0.1, 0.15) is 44.4 Å². The zero-order chi connectivity index (χ0) is 14.4. The van der Waals surface area contributed by atoms with Gasteiger partial charge in [-0.1, -0.05) is 0 Å². The van der Waals surface area contributed by atoms with Gasteiger partial charge in [0.15, 0.2) is 0 Å². The molecule has 1 fully saturated rings. The van der Waals surface area contributed by atoms with E-state index in [0.29, 0.717) is 5.56 Å². The lowest BCUT2D eigenvalue weighted by Gasteiger charge is -2.32. The maximum atomic E-state index is 9.00. The molecule has 19 heavy (non-hydrogen) atoms. The molecule has 1 aromatic carbocycles. The second kappa shape index (κ2) is 4.36. The maximum absolute atomic E-state index is 9.00. The average Bonchev–Trinajstić information content (AvgIpc) is 2.46. The van der Waals surface area contributed by atoms with E-state index in [4.69, 9.17) is 14.6 Å². The Morgan fingerprint density at radius 1 is 1.00 bits per heavy atom. The van der Waals surface area contributed by atoms with Crippen molar-refractivity contribution in [2.45, 2.75) is 52.7 Å². The minimum atomic E-state index is -0.363. The first-order chi connectivity index (χ1) is 8.68. The molecule has 1 aliphatic heterocycles. The fourth-order valence-electron chi connectivity index (χ4n) is 2.37. The zero-order valence-electron chi connectivity index (χ0n) is 12.5. The summed E-state index contributed by atoms with van der Waals surface area (Å²) in [5.41, 5.74) is 3.10. The second-order valence-electron chi connectivity index (χ2n) is 6.22. The fraction of sp³-hybridized carbons (Fsp3) is 0.533. The van der Waals surface area contributed by atoms with Crippen molar-refractivity contribution < 1.29 is 9.31 Å². The Morgan fingerprint density at radius 2 is 1.42 bits per heavy atom. The number of benzene rings is 1. The first kappa shape index (κ1) is 14.1. The average molecular weight is 257 g/mol. The second-order valence-corrected chi connectivity index (χ2v) is 6.22. The highest BCUT2D eigenvalue weighted by Crippen LogP contribution is 2.36. The Balaban J connectivity index is 2.44. The largest absolute Gasteiger partial charge is 0.495 e. The lowest BCUT2D eigenvalue weighted by Crippen LogP contribution is -2.41. The van der Waals surface area contributed by atoms with Gasteiger partial charge in [-0.3, -0.25) is 0 Å². The fourth-order valence-corrected chi connectivity index (χ4v) is 2.37. The Hall–Kier alpha value is -1.31. The quantitative estimate of drug-likeness (QED) is 0.726. The van der Waals surface area contributed by atoms with E-state index in [2.05, 4.69) is 6.07 Å². The molecule has 1 aliphatic rings. The van der Waals surface area contributed by atoms with Crippen LogP contribution in [0.4, 0.5) is 0 Å². The van der Waals surface area contributed by atoms with Crippen LogP contribution in [-0.4, -0.2) is 18.3 Å². The molecule has 0 bridgehead atoms. The van der Waals surface area contributed by atoms with E-state index >= 15 is 0 Å². The summed E-state index contributed by atoms with van der Waals surface area (Å²) in [7, 11) is -0.363. The van der Waals surface area contributed by atoms with Gasteiger partial charge in [-0.15, -0.1) is 0 Å². The standard InChI is InChI=1S/C15H20BNO2/c1-10-7-12(9-17)8-11(2)13(10)16-18-14(3,4)15(5,6)19-16/h7-8H,1-6H3. The van der Waals surface area contributed by atoms with Gasteiger partial charge in [0, 0.05) is 0 Å². The SMILES string of the molecule is Cc1cc(C#N)cc(C)c1B1OC(C)(C)C(C)(C)O1. The Kier molecular flexibility index (Phi) is 3.24. The molecular formula is C15H20BNO2. The van der Waals surface area contributed by atoms with Crippen molar-refractivity contribution in [3.8, 4) is 6.07 Å². The lowest BCUT2D eigenvalue weighted by molar-refractivity contribution is 0.00578. The van der Waals surface area contributed by atoms with Gasteiger partial charge in [0.2, 0.25) is 0 Å². The molecule has 0 saturated carbocycles. The highest BCUT2D eigenvalue weighted by atomic mass is 16.7. The third-order valence-electron chi connectivity index (χ3n) is 4.21. The molecule has 1 heterocycles. The summed E-state index contributed by atoms with van der Waals surface area (Å²) in [6, 6.07) is 5.94. The van der Waals surface area contributed by atoms with E-state index in [1.807, 2.05) is 53.7 Å². The molecule has 100 valence electrons. The van der Waals surface area contributed by atoms with Crippen LogP contribution >= 0.6 is 0 Å². The molecular weight excluding hydrogens is 237 g/mol. The monoisotopic (exact) mass is 257 g/mol. The van der Waals surface area contributed by atoms with Crippen LogP contribution in [0.15, 0.2) is 12.1 Å². The number of hydrogen-bond donors (Lipinski definition) is 0. The number of nitrogens with zero attached hydrogens (tertiary/aromatic N) is 1. The molecule has 0 atom stereocenters. The molecule has 3 nitrogen and oxygen atoms in total. The van der Waals surface area contributed by atoms with E-state index in [9.17, 15) is 0 Å². The summed E-state index contributed by atoms with van der Waals surface area (Å²) in [6.45, 7) is 12.2. The van der Waals surface area contributed by atoms with E-state index in [1.54, 1.807) is 0 Å². The molecule has 0 radical (unpaired) electrons. The van der Waals surface area contributed by atoms with Crippen molar-refractivity contribution >= 4 is 12.6 Å². The lowest BCUT2D eigenvalue weighted by atomic mass is 9.73. The molecule has 2 rings (SSSR count). The van der Waals surface area contributed by atoms with Gasteiger partial charge < -0.3 is 9.31 Å². The molecule has 1 aromatic rings. The summed E-state index contributed by atoms with van der Waals surface area (Å²) < 4.78 is 12.2. The van der Waals surface area contributed by atoms with Crippen molar-refractivity contribution in [1.82, 2.24) is 0 Å². The predicted molar refractivity (Wildman–Crippen MR) is 76.3 cm³/mol. The Bertz CT molecular complexity index is 519. The third-order valence-corrected chi connectivity index (χ3v) is 4.21. The number of aryl methyl sites for hydroxylation is 2. The van der Waals surface area contributed by atoms with Crippen molar-refractivity contribution in [3.05, 3.63) is 28.8 Å². The van der Waals surface area contributed by atoms with Gasteiger partial charge in [-0.25, -0.2) is 0 Å². The van der Waals surface area contributed by atoms with E-state index in [-0.39, 0.29) is 18.3 Å². The minimum Gasteiger partial charge on any atom is -0.399 e. The van der Waals surface area contributed by atoms with Crippen molar-refractivity contribution in [2.24, 2.45) is 0 Å². The number of hydrogen-bond acceptors (Lipinski definition) is 3.